The number of para-hydroxylation sites is 1. The Morgan fingerprint density at radius 3 is 2.46 bits per heavy atom. The third-order valence-corrected chi connectivity index (χ3v) is 9.78. The second-order valence-corrected chi connectivity index (χ2v) is 11.8. The monoisotopic (exact) mass is 462 g/mol. The van der Waals surface area contributed by atoms with Gasteiger partial charge < -0.3 is 9.80 Å². The maximum Gasteiger partial charge on any atom is 0.158 e. The zero-order chi connectivity index (χ0) is 24.8. The van der Waals surface area contributed by atoms with Crippen molar-refractivity contribution < 1.29 is 0 Å². The van der Waals surface area contributed by atoms with E-state index < -0.39 is 0 Å². The van der Waals surface area contributed by atoms with Gasteiger partial charge in [-0.1, -0.05) is 65.0 Å². The van der Waals surface area contributed by atoms with Crippen molar-refractivity contribution in [1.29, 1.82) is 5.26 Å². The van der Waals surface area contributed by atoms with E-state index in [1.54, 1.807) is 6.20 Å². The summed E-state index contributed by atoms with van der Waals surface area (Å²) in [7, 11) is 0. The van der Waals surface area contributed by atoms with Crippen LogP contribution in [0.5, 0.6) is 0 Å². The fraction of sp³-hybridized carbons (Fsp3) is 0.419. The quantitative estimate of drug-likeness (QED) is 0.392. The van der Waals surface area contributed by atoms with E-state index in [0.29, 0.717) is 5.56 Å². The van der Waals surface area contributed by atoms with Crippen LogP contribution in [0.1, 0.15) is 76.1 Å². The maximum absolute atomic E-state index is 9.73. The minimum Gasteiger partial charge on any atom is -0.316 e. The highest BCUT2D eigenvalue weighted by atomic mass is 15.5. The first-order valence-corrected chi connectivity index (χ1v) is 12.9. The van der Waals surface area contributed by atoms with Crippen LogP contribution in [0.2, 0.25) is 0 Å². The van der Waals surface area contributed by atoms with Gasteiger partial charge >= 0.3 is 0 Å². The van der Waals surface area contributed by atoms with Crippen molar-refractivity contribution in [3.63, 3.8) is 0 Å². The Morgan fingerprint density at radius 2 is 1.74 bits per heavy atom. The van der Waals surface area contributed by atoms with Crippen molar-refractivity contribution in [3.05, 3.63) is 77.0 Å². The number of fused-ring (bicyclic) bond motifs is 5. The molecule has 4 nitrogen and oxygen atoms in total. The van der Waals surface area contributed by atoms with Gasteiger partial charge in [-0.15, -0.1) is 0 Å². The van der Waals surface area contributed by atoms with Gasteiger partial charge in [-0.25, -0.2) is 4.98 Å². The first-order valence-electron chi connectivity index (χ1n) is 12.9. The molecule has 0 saturated carbocycles. The lowest BCUT2D eigenvalue weighted by molar-refractivity contribution is 0.0878. The number of aryl methyl sites for hydroxylation is 1. The van der Waals surface area contributed by atoms with Crippen LogP contribution >= 0.6 is 0 Å². The lowest BCUT2D eigenvalue weighted by Gasteiger charge is -2.59. The molecular weight excluding hydrogens is 428 g/mol. The highest BCUT2D eigenvalue weighted by Crippen LogP contribution is 2.65. The van der Waals surface area contributed by atoms with Gasteiger partial charge in [0.05, 0.1) is 11.3 Å². The van der Waals surface area contributed by atoms with E-state index in [1.807, 2.05) is 6.07 Å². The molecule has 0 spiro atoms. The molecule has 1 aromatic heterocycles. The Kier molecular flexibility index (Phi) is 4.50. The van der Waals surface area contributed by atoms with Crippen molar-refractivity contribution >= 4 is 22.9 Å². The molecule has 0 saturated heterocycles. The van der Waals surface area contributed by atoms with E-state index in [0.717, 1.165) is 30.8 Å². The standard InChI is InChI=1S/C31H34N4/c1-7-30(5)28-34(24-11-9-8-10-20(24)2)26-16-21(18-32)19-33-27(26)35(28)25-13-12-22-17-23(25)31(30,6)15-14-29(22,3)4/h8-13,16-17,19,28H,7,14-15H2,1-6H3. The molecule has 0 amide bonds. The van der Waals surface area contributed by atoms with Crippen LogP contribution < -0.4 is 9.80 Å². The second-order valence-electron chi connectivity index (χ2n) is 11.8. The molecule has 4 heteroatoms. The van der Waals surface area contributed by atoms with Crippen LogP contribution in [0.25, 0.3) is 0 Å². The predicted octanol–water partition coefficient (Wildman–Crippen LogP) is 7.64. The third-order valence-electron chi connectivity index (χ3n) is 9.78. The van der Waals surface area contributed by atoms with E-state index >= 15 is 0 Å². The molecule has 2 bridgehead atoms. The highest BCUT2D eigenvalue weighted by molar-refractivity contribution is 5.90. The number of anilines is 4. The van der Waals surface area contributed by atoms with E-state index in [9.17, 15) is 5.26 Å². The molecule has 178 valence electrons. The van der Waals surface area contributed by atoms with E-state index in [1.165, 1.54) is 28.1 Å². The highest BCUT2D eigenvalue weighted by Gasteiger charge is 2.62. The maximum atomic E-state index is 9.73. The molecule has 1 aliphatic carbocycles. The summed E-state index contributed by atoms with van der Waals surface area (Å²) in [5, 5.41) is 9.73. The van der Waals surface area contributed by atoms with E-state index in [2.05, 4.69) is 99.9 Å². The number of nitrogens with zero attached hydrogens (tertiary/aromatic N) is 4. The third kappa shape index (κ3) is 2.70. The number of benzene rings is 2. The fourth-order valence-electron chi connectivity index (χ4n) is 7.05. The van der Waals surface area contributed by atoms with Crippen molar-refractivity contribution in [3.8, 4) is 6.07 Å². The summed E-state index contributed by atoms with van der Waals surface area (Å²) in [4.78, 5) is 9.88. The molecule has 3 aliphatic rings. The average Bonchev–Trinajstić information content (AvgIpc) is 3.17. The van der Waals surface area contributed by atoms with Gasteiger partial charge in [-0.2, -0.15) is 5.26 Å². The van der Waals surface area contributed by atoms with Gasteiger partial charge in [0, 0.05) is 28.4 Å². The lowest BCUT2D eigenvalue weighted by Crippen LogP contribution is -2.62. The Balaban J connectivity index is 1.70. The molecule has 0 radical (unpaired) electrons. The lowest BCUT2D eigenvalue weighted by atomic mass is 9.54. The molecular formula is C31H34N4. The number of aromatic nitrogens is 1. The summed E-state index contributed by atoms with van der Waals surface area (Å²) in [6.07, 6.45) is 5.13. The van der Waals surface area contributed by atoms with Gasteiger partial charge in [-0.3, -0.25) is 0 Å². The smallest absolute Gasteiger partial charge is 0.158 e. The Morgan fingerprint density at radius 1 is 0.971 bits per heavy atom. The summed E-state index contributed by atoms with van der Waals surface area (Å²) < 4.78 is 0. The molecule has 3 heterocycles. The minimum absolute atomic E-state index is 0.00304. The largest absolute Gasteiger partial charge is 0.316 e. The molecule has 2 aliphatic heterocycles. The van der Waals surface area contributed by atoms with Gasteiger partial charge in [0.15, 0.2) is 5.82 Å². The summed E-state index contributed by atoms with van der Waals surface area (Å²) >= 11 is 0. The summed E-state index contributed by atoms with van der Waals surface area (Å²) in [6, 6.07) is 20.1. The van der Waals surface area contributed by atoms with Crippen LogP contribution in [0, 0.1) is 23.7 Å². The van der Waals surface area contributed by atoms with Crippen LogP contribution in [-0.2, 0) is 10.8 Å². The fourth-order valence-corrected chi connectivity index (χ4v) is 7.05. The Bertz CT molecular complexity index is 1400. The number of pyridine rings is 1. The predicted molar refractivity (Wildman–Crippen MR) is 143 cm³/mol. The summed E-state index contributed by atoms with van der Waals surface area (Å²) in [6.45, 7) is 14.3. The first kappa shape index (κ1) is 22.2. The van der Waals surface area contributed by atoms with Gasteiger partial charge in [0.1, 0.15) is 12.2 Å². The van der Waals surface area contributed by atoms with Crippen molar-refractivity contribution in [2.75, 3.05) is 9.80 Å². The molecule has 3 unspecified atom stereocenters. The number of rotatable bonds is 2. The van der Waals surface area contributed by atoms with E-state index in [-0.39, 0.29) is 22.4 Å². The van der Waals surface area contributed by atoms with Crippen LogP contribution in [0.4, 0.5) is 22.9 Å². The number of nitriles is 1. The average molecular weight is 463 g/mol. The number of hydrogen-bond donors (Lipinski definition) is 0. The van der Waals surface area contributed by atoms with Crippen LogP contribution in [-0.4, -0.2) is 11.1 Å². The Labute approximate surface area is 209 Å². The summed E-state index contributed by atoms with van der Waals surface area (Å²) in [5.74, 6) is 0.950. The van der Waals surface area contributed by atoms with Gasteiger partial charge in [0.2, 0.25) is 0 Å². The van der Waals surface area contributed by atoms with Crippen molar-refractivity contribution in [2.45, 2.75) is 77.8 Å². The summed E-state index contributed by atoms with van der Waals surface area (Å²) in [5.41, 5.74) is 8.29. The molecule has 6 rings (SSSR count). The zero-order valence-corrected chi connectivity index (χ0v) is 21.7. The molecule has 2 aromatic carbocycles. The SMILES string of the molecule is CCC1(C)C2N(c3ccccc3C)c3cc(C#N)cnc3N2c2ccc3cc2C1(C)CCC3(C)C. The number of hydrogen-bond acceptors (Lipinski definition) is 4. The Hall–Kier alpha value is -3.32. The normalized spacial score (nSPS) is 27.6. The topological polar surface area (TPSA) is 43.2 Å². The van der Waals surface area contributed by atoms with Gasteiger partial charge in [-0.05, 0) is 66.5 Å². The van der Waals surface area contributed by atoms with Crippen LogP contribution in [0.3, 0.4) is 0 Å². The molecule has 0 fully saturated rings. The minimum atomic E-state index is -0.0607. The molecule has 35 heavy (non-hydrogen) atoms. The van der Waals surface area contributed by atoms with Crippen molar-refractivity contribution in [2.24, 2.45) is 5.41 Å². The van der Waals surface area contributed by atoms with Gasteiger partial charge in [0.25, 0.3) is 0 Å². The molecule has 0 N–H and O–H groups in total. The first-order chi connectivity index (χ1) is 16.7. The van der Waals surface area contributed by atoms with E-state index in [4.69, 9.17) is 4.98 Å². The van der Waals surface area contributed by atoms with Crippen LogP contribution in [0.15, 0.2) is 54.7 Å². The van der Waals surface area contributed by atoms with Crippen molar-refractivity contribution in [1.82, 2.24) is 4.98 Å². The molecule has 3 atom stereocenters. The molecule has 3 aromatic rings. The second kappa shape index (κ2) is 7.10. The zero-order valence-electron chi connectivity index (χ0n) is 21.7.